The minimum atomic E-state index is -3.47. The molecule has 0 aliphatic heterocycles. The maximum absolute atomic E-state index is 12.6. The number of halogens is 1. The Hall–Kier alpha value is -1.74. The van der Waals surface area contributed by atoms with Crippen LogP contribution in [0.5, 0.6) is 0 Å². The predicted molar refractivity (Wildman–Crippen MR) is 120 cm³/mol. The van der Waals surface area contributed by atoms with Gasteiger partial charge in [-0.2, -0.15) is 4.31 Å². The molecule has 2 aromatic carbocycles. The number of carbonyl (C=O) groups excluding carboxylic acids is 1. The maximum atomic E-state index is 12.6. The van der Waals surface area contributed by atoms with E-state index in [2.05, 4.69) is 26.6 Å². The zero-order valence-electron chi connectivity index (χ0n) is 17.2. The molecule has 2 rings (SSSR count). The summed E-state index contributed by atoms with van der Waals surface area (Å²) in [5, 5.41) is 6.06. The van der Waals surface area contributed by atoms with Crippen LogP contribution < -0.4 is 10.6 Å². The molecule has 0 heterocycles. The van der Waals surface area contributed by atoms with Crippen molar-refractivity contribution in [3.8, 4) is 0 Å². The molecule has 2 aromatic rings. The van der Waals surface area contributed by atoms with Crippen LogP contribution in [0.1, 0.15) is 37.9 Å². The van der Waals surface area contributed by atoms with E-state index < -0.39 is 10.0 Å². The van der Waals surface area contributed by atoms with Gasteiger partial charge in [-0.15, -0.1) is 0 Å². The summed E-state index contributed by atoms with van der Waals surface area (Å²) in [5.74, 6) is -0.136. The van der Waals surface area contributed by atoms with E-state index in [4.69, 9.17) is 0 Å². The van der Waals surface area contributed by atoms with Gasteiger partial charge in [0.1, 0.15) is 0 Å². The maximum Gasteiger partial charge on any atom is 0.243 e. The van der Waals surface area contributed by atoms with E-state index in [-0.39, 0.29) is 23.4 Å². The van der Waals surface area contributed by atoms with Crippen molar-refractivity contribution < 1.29 is 13.2 Å². The topological polar surface area (TPSA) is 78.5 Å². The number of aryl methyl sites for hydroxylation is 1. The van der Waals surface area contributed by atoms with Crippen LogP contribution in [0.25, 0.3) is 0 Å². The van der Waals surface area contributed by atoms with Crippen molar-refractivity contribution in [3.05, 3.63) is 58.1 Å². The molecule has 0 unspecified atom stereocenters. The molecule has 0 aromatic heterocycles. The Labute approximate surface area is 181 Å². The lowest BCUT2D eigenvalue weighted by Gasteiger charge is -2.19. The molecule has 0 spiro atoms. The summed E-state index contributed by atoms with van der Waals surface area (Å²) in [4.78, 5) is 12.5. The lowest BCUT2D eigenvalue weighted by molar-refractivity contribution is -0.115. The molecule has 1 atom stereocenters. The number of nitrogens with zero attached hydrogens (tertiary/aromatic N) is 1. The van der Waals surface area contributed by atoms with Crippen LogP contribution >= 0.6 is 15.9 Å². The number of sulfonamides is 1. The number of hydrogen-bond donors (Lipinski definition) is 2. The summed E-state index contributed by atoms with van der Waals surface area (Å²) in [6.45, 7) is 8.54. The van der Waals surface area contributed by atoms with Gasteiger partial charge in [-0.25, -0.2) is 8.42 Å². The van der Waals surface area contributed by atoms with Crippen LogP contribution in [-0.2, 0) is 14.8 Å². The van der Waals surface area contributed by atoms with Crippen LogP contribution in [0.15, 0.2) is 51.8 Å². The number of nitrogens with one attached hydrogen (secondary N) is 2. The SMILES string of the molecule is CCN(CC)S(=O)(=O)c1ccc([C@H](C)NCC(=O)Nc2ccc(Br)cc2C)cc1. The lowest BCUT2D eigenvalue weighted by Crippen LogP contribution is -2.31. The lowest BCUT2D eigenvalue weighted by atomic mass is 10.1. The van der Waals surface area contributed by atoms with Gasteiger partial charge < -0.3 is 10.6 Å². The Kier molecular flexibility index (Phi) is 8.39. The van der Waals surface area contributed by atoms with E-state index in [0.29, 0.717) is 13.1 Å². The van der Waals surface area contributed by atoms with Gasteiger partial charge in [0.2, 0.25) is 15.9 Å². The van der Waals surface area contributed by atoms with Gasteiger partial charge in [-0.05, 0) is 55.3 Å². The van der Waals surface area contributed by atoms with Crippen LogP contribution in [0.2, 0.25) is 0 Å². The third-order valence-corrected chi connectivity index (χ3v) is 7.31. The van der Waals surface area contributed by atoms with Crippen molar-refractivity contribution in [1.82, 2.24) is 9.62 Å². The van der Waals surface area contributed by atoms with Crippen molar-refractivity contribution >= 4 is 37.5 Å². The molecule has 0 aliphatic carbocycles. The number of anilines is 1. The van der Waals surface area contributed by atoms with Crippen LogP contribution in [0.3, 0.4) is 0 Å². The highest BCUT2D eigenvalue weighted by Gasteiger charge is 2.21. The summed E-state index contributed by atoms with van der Waals surface area (Å²) in [7, 11) is -3.47. The number of rotatable bonds is 9. The first-order valence-corrected chi connectivity index (χ1v) is 11.8. The van der Waals surface area contributed by atoms with Gasteiger partial charge in [-0.3, -0.25) is 4.79 Å². The fraction of sp³-hybridized carbons (Fsp3) is 0.381. The Bertz CT molecular complexity index is 942. The minimum Gasteiger partial charge on any atom is -0.325 e. The second-order valence-corrected chi connectivity index (χ2v) is 9.62. The summed E-state index contributed by atoms with van der Waals surface area (Å²) >= 11 is 3.41. The number of benzene rings is 2. The molecule has 1 amide bonds. The second-order valence-electron chi connectivity index (χ2n) is 6.77. The van der Waals surface area contributed by atoms with Gasteiger partial charge in [0.05, 0.1) is 11.4 Å². The third kappa shape index (κ3) is 6.12. The predicted octanol–water partition coefficient (Wildman–Crippen LogP) is 4.08. The minimum absolute atomic E-state index is 0.100. The molecule has 0 saturated heterocycles. The van der Waals surface area contributed by atoms with E-state index in [1.165, 1.54) is 4.31 Å². The molecule has 0 bridgehead atoms. The molecule has 8 heteroatoms. The molecule has 0 radical (unpaired) electrons. The van der Waals surface area contributed by atoms with Gasteiger partial charge in [0, 0.05) is 29.3 Å². The fourth-order valence-corrected chi connectivity index (χ4v) is 4.90. The molecule has 0 aliphatic rings. The van der Waals surface area contributed by atoms with Crippen molar-refractivity contribution in [3.63, 3.8) is 0 Å². The summed E-state index contributed by atoms with van der Waals surface area (Å²) in [6, 6.07) is 12.4. The Morgan fingerprint density at radius 2 is 1.72 bits per heavy atom. The zero-order chi connectivity index (χ0) is 21.6. The van der Waals surface area contributed by atoms with Crippen LogP contribution in [0, 0.1) is 6.92 Å². The molecule has 0 saturated carbocycles. The molecule has 158 valence electrons. The van der Waals surface area contributed by atoms with Gasteiger partial charge in [0.25, 0.3) is 0 Å². The van der Waals surface area contributed by atoms with E-state index in [0.717, 1.165) is 21.3 Å². The number of hydrogen-bond acceptors (Lipinski definition) is 4. The Morgan fingerprint density at radius 1 is 1.10 bits per heavy atom. The average Bonchev–Trinajstić information content (AvgIpc) is 2.69. The molecule has 6 nitrogen and oxygen atoms in total. The molecule has 29 heavy (non-hydrogen) atoms. The number of carbonyl (C=O) groups is 1. The molecular formula is C21H28BrN3O3S. The zero-order valence-corrected chi connectivity index (χ0v) is 19.6. The standard InChI is InChI=1S/C21H28BrN3O3S/c1-5-25(6-2)29(27,28)19-10-7-17(8-11-19)16(4)23-14-21(26)24-20-12-9-18(22)13-15(20)3/h7-13,16,23H,5-6,14H2,1-4H3,(H,24,26)/t16-/m0/s1. The molecular weight excluding hydrogens is 454 g/mol. The van der Waals surface area contributed by atoms with Crippen LogP contribution in [-0.4, -0.2) is 38.3 Å². The summed E-state index contributed by atoms with van der Waals surface area (Å²) in [5.41, 5.74) is 2.67. The van der Waals surface area contributed by atoms with Crippen molar-refractivity contribution in [1.29, 1.82) is 0 Å². The summed E-state index contributed by atoms with van der Waals surface area (Å²) in [6.07, 6.45) is 0. The van der Waals surface area contributed by atoms with E-state index in [9.17, 15) is 13.2 Å². The number of amides is 1. The van der Waals surface area contributed by atoms with Crippen LogP contribution in [0.4, 0.5) is 5.69 Å². The largest absolute Gasteiger partial charge is 0.325 e. The highest BCUT2D eigenvalue weighted by Crippen LogP contribution is 2.21. The Balaban J connectivity index is 1.97. The Morgan fingerprint density at radius 3 is 2.28 bits per heavy atom. The highest BCUT2D eigenvalue weighted by molar-refractivity contribution is 9.10. The summed E-state index contributed by atoms with van der Waals surface area (Å²) < 4.78 is 27.5. The van der Waals surface area contributed by atoms with Crippen molar-refractivity contribution in [2.75, 3.05) is 25.0 Å². The first-order valence-electron chi connectivity index (χ1n) is 9.58. The quantitative estimate of drug-likeness (QED) is 0.565. The molecule has 0 fully saturated rings. The van der Waals surface area contributed by atoms with Gasteiger partial charge >= 0.3 is 0 Å². The van der Waals surface area contributed by atoms with Crippen molar-refractivity contribution in [2.24, 2.45) is 0 Å². The molecule has 2 N–H and O–H groups in total. The van der Waals surface area contributed by atoms with E-state index in [1.807, 2.05) is 45.9 Å². The third-order valence-electron chi connectivity index (χ3n) is 4.75. The normalized spacial score (nSPS) is 12.8. The van der Waals surface area contributed by atoms with Gasteiger partial charge in [0.15, 0.2) is 0 Å². The van der Waals surface area contributed by atoms with E-state index >= 15 is 0 Å². The first kappa shape index (κ1) is 23.5. The van der Waals surface area contributed by atoms with Gasteiger partial charge in [-0.1, -0.05) is 41.9 Å². The monoisotopic (exact) mass is 481 g/mol. The van der Waals surface area contributed by atoms with Crippen molar-refractivity contribution in [2.45, 2.75) is 38.6 Å². The second kappa shape index (κ2) is 10.3. The fourth-order valence-electron chi connectivity index (χ4n) is 2.97. The smallest absolute Gasteiger partial charge is 0.243 e. The first-order chi connectivity index (χ1) is 13.7. The highest BCUT2D eigenvalue weighted by atomic mass is 79.9. The average molecular weight is 482 g/mol. The van der Waals surface area contributed by atoms with E-state index in [1.54, 1.807) is 24.3 Å².